The number of alkyl halides is 3. The third kappa shape index (κ3) is 4.32. The van der Waals surface area contributed by atoms with Crippen molar-refractivity contribution in [2.24, 2.45) is 0 Å². The number of nitrogens with one attached hydrogen (secondary N) is 1. The molecule has 1 aromatic heterocycles. The van der Waals surface area contributed by atoms with Gasteiger partial charge in [-0.05, 0) is 30.3 Å². The Balaban J connectivity index is 1.82. The highest BCUT2D eigenvalue weighted by atomic mass is 35.5. The van der Waals surface area contributed by atoms with Crippen molar-refractivity contribution >= 4 is 33.2 Å². The number of rotatable bonds is 4. The molecule has 2 aromatic rings. The fraction of sp³-hybridized carbons (Fsp3) is 0.312. The number of furan rings is 1. The average molecular weight is 439 g/mol. The van der Waals surface area contributed by atoms with Crippen LogP contribution in [0.1, 0.15) is 16.1 Å². The van der Waals surface area contributed by atoms with Gasteiger partial charge >= 0.3 is 6.18 Å². The van der Waals surface area contributed by atoms with Crippen LogP contribution in [0.5, 0.6) is 0 Å². The van der Waals surface area contributed by atoms with Crippen LogP contribution in [0.4, 0.5) is 18.9 Å². The zero-order valence-corrected chi connectivity index (χ0v) is 15.7. The monoisotopic (exact) mass is 438 g/mol. The highest BCUT2D eigenvalue weighted by molar-refractivity contribution is 7.89. The Morgan fingerprint density at radius 1 is 1.14 bits per heavy atom. The predicted octanol–water partition coefficient (Wildman–Crippen LogP) is 3.23. The first-order valence-electron chi connectivity index (χ1n) is 7.95. The van der Waals surface area contributed by atoms with E-state index in [1.165, 1.54) is 6.07 Å². The molecular weight excluding hydrogens is 425 g/mol. The van der Waals surface area contributed by atoms with E-state index >= 15 is 0 Å². The van der Waals surface area contributed by atoms with Crippen LogP contribution in [0.15, 0.2) is 39.8 Å². The minimum Gasteiger partial charge on any atom is -0.438 e. The van der Waals surface area contributed by atoms with Gasteiger partial charge in [-0.15, -0.1) is 0 Å². The molecule has 152 valence electrons. The summed E-state index contributed by atoms with van der Waals surface area (Å²) in [5.74, 6) is -1.48. The van der Waals surface area contributed by atoms with Gasteiger partial charge in [0.25, 0.3) is 15.9 Å². The van der Waals surface area contributed by atoms with Crippen molar-refractivity contribution in [3.8, 4) is 0 Å². The Hall–Kier alpha value is -2.08. The molecule has 1 aliphatic heterocycles. The molecule has 2 heterocycles. The molecule has 28 heavy (non-hydrogen) atoms. The van der Waals surface area contributed by atoms with Gasteiger partial charge in [-0.2, -0.15) is 17.5 Å². The number of carbonyl (C=O) groups excluding carboxylic acids is 1. The minimum atomic E-state index is -4.75. The van der Waals surface area contributed by atoms with Gasteiger partial charge in [-0.3, -0.25) is 4.79 Å². The number of benzene rings is 1. The van der Waals surface area contributed by atoms with Crippen molar-refractivity contribution in [1.29, 1.82) is 0 Å². The molecular formula is C16H14ClF3N2O5S. The molecule has 1 saturated heterocycles. The minimum absolute atomic E-state index is 0.129. The van der Waals surface area contributed by atoms with Gasteiger partial charge in [0.2, 0.25) is 5.09 Å². The van der Waals surface area contributed by atoms with E-state index in [1.54, 1.807) is 0 Å². The second-order valence-electron chi connectivity index (χ2n) is 5.78. The van der Waals surface area contributed by atoms with Crippen molar-refractivity contribution in [2.75, 3.05) is 31.6 Å². The molecule has 0 unspecified atom stereocenters. The van der Waals surface area contributed by atoms with Crippen LogP contribution in [-0.2, 0) is 20.9 Å². The lowest BCUT2D eigenvalue weighted by Gasteiger charge is -2.24. The van der Waals surface area contributed by atoms with E-state index in [9.17, 15) is 26.4 Å². The molecule has 1 amide bonds. The van der Waals surface area contributed by atoms with E-state index in [2.05, 4.69) is 5.32 Å². The standard InChI is InChI=1S/C16H14ClF3N2O5S/c17-10-1-2-12(11(9-10)16(18,19)20)21-15(23)13-3-4-14(27-13)28(24,25)22-5-7-26-8-6-22/h1-4,9H,5-8H2,(H,21,23). The van der Waals surface area contributed by atoms with Gasteiger partial charge < -0.3 is 14.5 Å². The third-order valence-electron chi connectivity index (χ3n) is 3.90. The SMILES string of the molecule is O=C(Nc1ccc(Cl)cc1C(F)(F)F)c1ccc(S(=O)(=O)N2CCOCC2)o1. The van der Waals surface area contributed by atoms with Crippen molar-refractivity contribution in [3.63, 3.8) is 0 Å². The Morgan fingerprint density at radius 2 is 1.82 bits per heavy atom. The number of anilines is 1. The summed E-state index contributed by atoms with van der Waals surface area (Å²) in [4.78, 5) is 12.3. The summed E-state index contributed by atoms with van der Waals surface area (Å²) in [6.07, 6.45) is -4.75. The van der Waals surface area contributed by atoms with Crippen LogP contribution in [0.3, 0.4) is 0 Å². The van der Waals surface area contributed by atoms with Crippen LogP contribution < -0.4 is 5.32 Å². The zero-order chi connectivity index (χ0) is 20.5. The van der Waals surface area contributed by atoms with E-state index in [4.69, 9.17) is 20.8 Å². The van der Waals surface area contributed by atoms with E-state index in [0.29, 0.717) is 6.07 Å². The van der Waals surface area contributed by atoms with Gasteiger partial charge in [-0.1, -0.05) is 11.6 Å². The van der Waals surface area contributed by atoms with Gasteiger partial charge in [-0.25, -0.2) is 8.42 Å². The molecule has 3 rings (SSSR count). The molecule has 12 heteroatoms. The number of ether oxygens (including phenoxy) is 1. The van der Waals surface area contributed by atoms with Crippen LogP contribution in [0.25, 0.3) is 0 Å². The molecule has 1 aromatic carbocycles. The van der Waals surface area contributed by atoms with Crippen molar-refractivity contribution in [3.05, 3.63) is 46.7 Å². The largest absolute Gasteiger partial charge is 0.438 e. The summed E-state index contributed by atoms with van der Waals surface area (Å²) in [5, 5.41) is 1.43. The first-order valence-corrected chi connectivity index (χ1v) is 9.76. The lowest BCUT2D eigenvalue weighted by Crippen LogP contribution is -2.40. The van der Waals surface area contributed by atoms with Crippen LogP contribution >= 0.6 is 11.6 Å². The number of hydrogen-bond acceptors (Lipinski definition) is 5. The second-order valence-corrected chi connectivity index (χ2v) is 8.08. The predicted molar refractivity (Wildman–Crippen MR) is 92.7 cm³/mol. The first-order chi connectivity index (χ1) is 13.1. The number of nitrogens with zero attached hydrogens (tertiary/aromatic N) is 1. The second kappa shape index (κ2) is 7.74. The fourth-order valence-corrected chi connectivity index (χ4v) is 4.03. The van der Waals surface area contributed by atoms with Gasteiger partial charge in [0, 0.05) is 18.1 Å². The molecule has 7 nitrogen and oxygen atoms in total. The number of amides is 1. The topological polar surface area (TPSA) is 88.9 Å². The van der Waals surface area contributed by atoms with Gasteiger partial charge in [0.1, 0.15) is 0 Å². The van der Waals surface area contributed by atoms with E-state index in [0.717, 1.165) is 22.5 Å². The Kier molecular flexibility index (Phi) is 5.71. The van der Waals surface area contributed by atoms with Crippen molar-refractivity contribution in [2.45, 2.75) is 11.3 Å². The first kappa shape index (κ1) is 20.6. The molecule has 1 aliphatic rings. The van der Waals surface area contributed by atoms with Gasteiger partial charge in [0.05, 0.1) is 24.5 Å². The lowest BCUT2D eigenvalue weighted by molar-refractivity contribution is -0.136. The smallest absolute Gasteiger partial charge is 0.418 e. The summed E-state index contributed by atoms with van der Waals surface area (Å²) in [6.45, 7) is 0.711. The Labute approximate surface area is 163 Å². The lowest BCUT2D eigenvalue weighted by atomic mass is 10.1. The summed E-state index contributed by atoms with van der Waals surface area (Å²) < 4.78 is 75.6. The van der Waals surface area contributed by atoms with Crippen LogP contribution in [0.2, 0.25) is 5.02 Å². The zero-order valence-electron chi connectivity index (χ0n) is 14.1. The highest BCUT2D eigenvalue weighted by Crippen LogP contribution is 2.36. The number of halogens is 4. The number of carbonyl (C=O) groups is 1. The maximum atomic E-state index is 13.1. The number of morpholine rings is 1. The maximum absolute atomic E-state index is 13.1. The normalized spacial score (nSPS) is 16.1. The molecule has 0 aliphatic carbocycles. The summed E-state index contributed by atoms with van der Waals surface area (Å²) in [7, 11) is -3.98. The van der Waals surface area contributed by atoms with Gasteiger partial charge in [0.15, 0.2) is 5.76 Å². The van der Waals surface area contributed by atoms with Crippen LogP contribution in [-0.4, -0.2) is 44.9 Å². The maximum Gasteiger partial charge on any atom is 0.418 e. The molecule has 1 fully saturated rings. The molecule has 0 spiro atoms. The average Bonchev–Trinajstić information content (AvgIpc) is 3.14. The molecule has 0 atom stereocenters. The Morgan fingerprint density at radius 3 is 2.46 bits per heavy atom. The Bertz CT molecular complexity index is 984. The third-order valence-corrected chi connectivity index (χ3v) is 5.91. The molecule has 0 saturated carbocycles. The number of sulfonamides is 1. The van der Waals surface area contributed by atoms with Crippen molar-refractivity contribution in [1.82, 2.24) is 4.31 Å². The number of hydrogen-bond donors (Lipinski definition) is 1. The molecule has 0 radical (unpaired) electrons. The van der Waals surface area contributed by atoms with Crippen LogP contribution in [0, 0.1) is 0 Å². The van der Waals surface area contributed by atoms with Crippen molar-refractivity contribution < 1.29 is 35.5 Å². The highest BCUT2D eigenvalue weighted by Gasteiger charge is 2.35. The molecule has 1 N–H and O–H groups in total. The van der Waals surface area contributed by atoms with E-state index in [-0.39, 0.29) is 31.3 Å². The van der Waals surface area contributed by atoms with E-state index in [1.807, 2.05) is 0 Å². The summed E-state index contributed by atoms with van der Waals surface area (Å²) in [6, 6.07) is 5.01. The fourth-order valence-electron chi connectivity index (χ4n) is 2.54. The summed E-state index contributed by atoms with van der Waals surface area (Å²) in [5.41, 5.74) is -1.67. The summed E-state index contributed by atoms with van der Waals surface area (Å²) >= 11 is 5.59. The quantitative estimate of drug-likeness (QED) is 0.791. The van der Waals surface area contributed by atoms with E-state index < -0.39 is 44.2 Å². The molecule has 0 bridgehead atoms.